The molecule has 0 N–H and O–H groups in total. The van der Waals surface area contributed by atoms with Crippen molar-refractivity contribution in [2.75, 3.05) is 44.2 Å². The Hall–Kier alpha value is -2.57. The molecule has 2 rings (SSSR count). The van der Waals surface area contributed by atoms with Crippen LogP contribution in [0.15, 0.2) is 24.3 Å². The molecule has 0 radical (unpaired) electrons. The summed E-state index contributed by atoms with van der Waals surface area (Å²) in [5, 5.41) is 0. The third-order valence-corrected chi connectivity index (χ3v) is 4.49. The Morgan fingerprint density at radius 3 is 2.08 bits per heavy atom. The van der Waals surface area contributed by atoms with Gasteiger partial charge in [0.1, 0.15) is 6.54 Å². The summed E-state index contributed by atoms with van der Waals surface area (Å²) in [5.74, 6) is -0.295. The lowest BCUT2D eigenvalue weighted by molar-refractivity contribution is -0.132. The first kappa shape index (κ1) is 19.8. The lowest BCUT2D eigenvalue weighted by Gasteiger charge is -2.35. The molecule has 0 bridgehead atoms. The minimum atomic E-state index is -0.346. The highest BCUT2D eigenvalue weighted by Crippen LogP contribution is 2.17. The lowest BCUT2D eigenvalue weighted by Crippen LogP contribution is -2.53. The molecule has 0 saturated carbocycles. The minimum Gasteiger partial charge on any atom is -0.450 e. The first-order valence-electron chi connectivity index (χ1n) is 9.02. The number of carbonyl (C=O) groups is 3. The lowest BCUT2D eigenvalue weighted by atomic mass is 10.1. The number of carbonyl (C=O) groups excluding carboxylic acids is 3. The van der Waals surface area contributed by atoms with Gasteiger partial charge in [-0.05, 0) is 31.0 Å². The summed E-state index contributed by atoms with van der Waals surface area (Å²) < 4.78 is 4.98. The van der Waals surface area contributed by atoms with Crippen molar-refractivity contribution in [3.8, 4) is 0 Å². The van der Waals surface area contributed by atoms with Gasteiger partial charge in [-0.15, -0.1) is 0 Å². The van der Waals surface area contributed by atoms with E-state index in [4.69, 9.17) is 4.74 Å². The van der Waals surface area contributed by atoms with Crippen LogP contribution in [0.2, 0.25) is 0 Å². The summed E-state index contributed by atoms with van der Waals surface area (Å²) in [5.41, 5.74) is 1.90. The summed E-state index contributed by atoms with van der Waals surface area (Å²) in [6.45, 7) is 7.39. The largest absolute Gasteiger partial charge is 0.450 e. The molecule has 0 spiro atoms. The van der Waals surface area contributed by atoms with Gasteiger partial charge in [0.2, 0.25) is 11.8 Å². The summed E-state index contributed by atoms with van der Waals surface area (Å²) >= 11 is 0. The summed E-state index contributed by atoms with van der Waals surface area (Å²) in [7, 11) is 0. The van der Waals surface area contributed by atoms with Crippen molar-refractivity contribution in [1.82, 2.24) is 9.80 Å². The van der Waals surface area contributed by atoms with Crippen molar-refractivity contribution in [3.63, 3.8) is 0 Å². The van der Waals surface area contributed by atoms with Crippen LogP contribution in [-0.2, 0) is 20.7 Å². The van der Waals surface area contributed by atoms with E-state index in [-0.39, 0.29) is 24.5 Å². The molecule has 1 aromatic rings. The molecule has 0 aliphatic carbocycles. The van der Waals surface area contributed by atoms with Crippen molar-refractivity contribution in [1.29, 1.82) is 0 Å². The van der Waals surface area contributed by atoms with Crippen LogP contribution >= 0.6 is 0 Å². The zero-order chi connectivity index (χ0) is 19.1. The van der Waals surface area contributed by atoms with Crippen LogP contribution in [0.5, 0.6) is 0 Å². The van der Waals surface area contributed by atoms with Crippen LogP contribution in [0.25, 0.3) is 0 Å². The zero-order valence-corrected chi connectivity index (χ0v) is 15.7. The van der Waals surface area contributed by atoms with E-state index in [9.17, 15) is 14.4 Å². The Labute approximate surface area is 154 Å². The average molecular weight is 361 g/mol. The maximum atomic E-state index is 12.6. The molecule has 7 heteroatoms. The molecule has 1 aliphatic heterocycles. The van der Waals surface area contributed by atoms with E-state index in [1.165, 1.54) is 17.4 Å². The fraction of sp³-hybridized carbons (Fsp3) is 0.526. The Bertz CT molecular complexity index is 637. The van der Waals surface area contributed by atoms with Crippen molar-refractivity contribution >= 4 is 23.6 Å². The number of ether oxygens (including phenoxy) is 1. The smallest absolute Gasteiger partial charge is 0.409 e. The van der Waals surface area contributed by atoms with Crippen LogP contribution in [0, 0.1) is 0 Å². The molecule has 0 atom stereocenters. The van der Waals surface area contributed by atoms with Crippen molar-refractivity contribution in [2.45, 2.75) is 27.2 Å². The molecule has 142 valence electrons. The van der Waals surface area contributed by atoms with Crippen molar-refractivity contribution in [3.05, 3.63) is 29.8 Å². The van der Waals surface area contributed by atoms with Gasteiger partial charge >= 0.3 is 6.09 Å². The van der Waals surface area contributed by atoms with Crippen LogP contribution in [0.3, 0.4) is 0 Å². The van der Waals surface area contributed by atoms with Crippen LogP contribution in [-0.4, -0.2) is 67.0 Å². The highest BCUT2D eigenvalue weighted by Gasteiger charge is 2.26. The maximum absolute atomic E-state index is 12.6. The predicted octanol–water partition coefficient (Wildman–Crippen LogP) is 1.90. The Morgan fingerprint density at radius 2 is 1.58 bits per heavy atom. The number of hydrogen-bond acceptors (Lipinski definition) is 4. The van der Waals surface area contributed by atoms with E-state index in [0.29, 0.717) is 38.5 Å². The van der Waals surface area contributed by atoms with E-state index in [2.05, 4.69) is 6.92 Å². The molecular formula is C19H27N3O4. The first-order chi connectivity index (χ1) is 12.5. The van der Waals surface area contributed by atoms with Crippen molar-refractivity contribution in [2.24, 2.45) is 0 Å². The van der Waals surface area contributed by atoms with Crippen molar-refractivity contribution < 1.29 is 19.1 Å². The van der Waals surface area contributed by atoms with Gasteiger partial charge in [-0.1, -0.05) is 19.1 Å². The van der Waals surface area contributed by atoms with Gasteiger partial charge < -0.3 is 19.4 Å². The van der Waals surface area contributed by atoms with Gasteiger partial charge in [0.15, 0.2) is 0 Å². The molecule has 1 heterocycles. The van der Waals surface area contributed by atoms with E-state index < -0.39 is 0 Å². The maximum Gasteiger partial charge on any atom is 0.409 e. The monoisotopic (exact) mass is 361 g/mol. The Morgan fingerprint density at radius 1 is 1.00 bits per heavy atom. The second kappa shape index (κ2) is 9.22. The number of hydrogen-bond donors (Lipinski definition) is 0. The van der Waals surface area contributed by atoms with Crippen LogP contribution < -0.4 is 4.90 Å². The number of amides is 3. The molecule has 1 fully saturated rings. The zero-order valence-electron chi connectivity index (χ0n) is 15.7. The highest BCUT2D eigenvalue weighted by molar-refractivity contribution is 5.97. The number of piperazine rings is 1. The molecule has 7 nitrogen and oxygen atoms in total. The predicted molar refractivity (Wildman–Crippen MR) is 99.0 cm³/mol. The summed E-state index contributed by atoms with van der Waals surface area (Å²) in [6, 6.07) is 7.67. The van der Waals surface area contributed by atoms with E-state index >= 15 is 0 Å². The molecule has 1 saturated heterocycles. The quantitative estimate of drug-likeness (QED) is 0.803. The molecule has 26 heavy (non-hydrogen) atoms. The Kier molecular flexibility index (Phi) is 7.00. The number of anilines is 1. The molecule has 0 unspecified atom stereocenters. The fourth-order valence-electron chi connectivity index (χ4n) is 2.88. The minimum absolute atomic E-state index is 0.000210. The molecule has 1 aromatic carbocycles. The second-order valence-electron chi connectivity index (χ2n) is 6.19. The van der Waals surface area contributed by atoms with Gasteiger partial charge in [0.25, 0.3) is 0 Å². The molecular weight excluding hydrogens is 334 g/mol. The Balaban J connectivity index is 1.96. The highest BCUT2D eigenvalue weighted by atomic mass is 16.6. The van der Waals surface area contributed by atoms with Gasteiger partial charge in [0.05, 0.1) is 6.61 Å². The number of aryl methyl sites for hydroxylation is 1. The van der Waals surface area contributed by atoms with E-state index in [1.54, 1.807) is 16.7 Å². The number of nitrogens with zero attached hydrogens (tertiary/aromatic N) is 3. The summed E-state index contributed by atoms with van der Waals surface area (Å²) in [4.78, 5) is 41.1. The third kappa shape index (κ3) is 4.97. The average Bonchev–Trinajstić information content (AvgIpc) is 2.66. The SMILES string of the molecule is CCOC(=O)N1CCN(C(=O)CN(C(C)=O)c2ccc(CC)cc2)CC1. The van der Waals surface area contributed by atoms with Crippen LogP contribution in [0.1, 0.15) is 26.3 Å². The van der Waals surface area contributed by atoms with Crippen LogP contribution in [0.4, 0.5) is 10.5 Å². The number of benzene rings is 1. The van der Waals surface area contributed by atoms with E-state index in [0.717, 1.165) is 6.42 Å². The molecule has 1 aliphatic rings. The van der Waals surface area contributed by atoms with Gasteiger partial charge in [0, 0.05) is 38.8 Å². The molecule has 3 amide bonds. The van der Waals surface area contributed by atoms with E-state index in [1.807, 2.05) is 24.3 Å². The molecule has 0 aromatic heterocycles. The first-order valence-corrected chi connectivity index (χ1v) is 9.02. The standard InChI is InChI=1S/C19H27N3O4/c1-4-16-6-8-17(9-7-16)22(15(3)23)14-18(24)20-10-12-21(13-11-20)19(25)26-5-2/h6-9H,4-5,10-14H2,1-3H3. The summed E-state index contributed by atoms with van der Waals surface area (Å²) in [6.07, 6.45) is 0.574. The van der Waals surface area contributed by atoms with Gasteiger partial charge in [-0.2, -0.15) is 0 Å². The fourth-order valence-corrected chi connectivity index (χ4v) is 2.88. The topological polar surface area (TPSA) is 70.2 Å². The van der Waals surface area contributed by atoms with Gasteiger partial charge in [-0.3, -0.25) is 9.59 Å². The third-order valence-electron chi connectivity index (χ3n) is 4.49. The number of rotatable bonds is 5. The normalized spacial score (nSPS) is 14.1. The van der Waals surface area contributed by atoms with Gasteiger partial charge in [-0.25, -0.2) is 4.79 Å². The second-order valence-corrected chi connectivity index (χ2v) is 6.19.